The molecule has 1 saturated heterocycles. The van der Waals surface area contributed by atoms with Gasteiger partial charge in [-0.25, -0.2) is 4.79 Å². The minimum atomic E-state index is -4.57. The van der Waals surface area contributed by atoms with E-state index in [1.54, 1.807) is 4.90 Å². The van der Waals surface area contributed by atoms with E-state index >= 15 is 0 Å². The number of aliphatic hydroxyl groups is 1. The van der Waals surface area contributed by atoms with Crippen molar-refractivity contribution in [3.8, 4) is 0 Å². The second-order valence-corrected chi connectivity index (χ2v) is 6.84. The molecule has 0 unspecified atom stereocenters. The van der Waals surface area contributed by atoms with Gasteiger partial charge in [0.15, 0.2) is 0 Å². The minimum absolute atomic E-state index is 0.00290. The molecule has 0 saturated carbocycles. The van der Waals surface area contributed by atoms with Crippen molar-refractivity contribution >= 4 is 23.3 Å². The van der Waals surface area contributed by atoms with E-state index in [0.717, 1.165) is 26.0 Å². The van der Waals surface area contributed by atoms with E-state index in [9.17, 15) is 22.8 Å². The van der Waals surface area contributed by atoms with E-state index in [4.69, 9.17) is 5.11 Å². The van der Waals surface area contributed by atoms with Crippen LogP contribution in [0.15, 0.2) is 29.5 Å². The average Bonchev–Trinajstić information content (AvgIpc) is 3.31. The van der Waals surface area contributed by atoms with E-state index in [2.05, 4.69) is 10.1 Å². The number of aliphatic hydroxyl groups excluding tert-OH is 1. The van der Waals surface area contributed by atoms with Gasteiger partial charge in [0, 0.05) is 31.0 Å². The maximum Gasteiger partial charge on any atom is 0.418 e. The molecule has 0 aliphatic carbocycles. The number of hydrogen-bond donors (Lipinski definition) is 2. The molecule has 1 aromatic carbocycles. The van der Waals surface area contributed by atoms with Crippen molar-refractivity contribution in [3.63, 3.8) is 0 Å². The number of esters is 1. The van der Waals surface area contributed by atoms with Crippen molar-refractivity contribution < 1.29 is 32.6 Å². The molecule has 158 valence electrons. The molecule has 2 N–H and O–H groups in total. The summed E-state index contributed by atoms with van der Waals surface area (Å²) in [5, 5.41) is 11.7. The van der Waals surface area contributed by atoms with E-state index in [1.165, 1.54) is 17.0 Å². The summed E-state index contributed by atoms with van der Waals surface area (Å²) in [5.74, 6) is -1.34. The summed E-state index contributed by atoms with van der Waals surface area (Å²) >= 11 is 0. The van der Waals surface area contributed by atoms with E-state index in [-0.39, 0.29) is 42.3 Å². The van der Waals surface area contributed by atoms with E-state index in [0.29, 0.717) is 13.1 Å². The molecule has 0 bridgehead atoms. The molecule has 0 spiro atoms. The molecule has 1 amide bonds. The molecule has 2 heterocycles. The quantitative estimate of drug-likeness (QED) is 0.695. The zero-order chi connectivity index (χ0) is 21.2. The second-order valence-electron chi connectivity index (χ2n) is 6.84. The van der Waals surface area contributed by atoms with Gasteiger partial charge in [-0.15, -0.1) is 0 Å². The zero-order valence-electron chi connectivity index (χ0n) is 15.9. The van der Waals surface area contributed by atoms with Gasteiger partial charge in [0.25, 0.3) is 5.91 Å². The highest BCUT2D eigenvalue weighted by molar-refractivity contribution is 6.08. The van der Waals surface area contributed by atoms with Crippen LogP contribution in [0.5, 0.6) is 0 Å². The number of halogens is 3. The van der Waals surface area contributed by atoms with Gasteiger partial charge < -0.3 is 25.0 Å². The van der Waals surface area contributed by atoms with Crippen LogP contribution in [0.4, 0.5) is 24.5 Å². The standard InChI is InChI=1S/C19H22F3N3O4/c1-29-18(28)13-11-25(8-9-26)17(27)16(13)23-12-4-5-15(24-6-2-3-7-24)14(10-12)19(20,21)22/h4-5,10,23,26H,2-3,6-9,11H2,1H3. The maximum absolute atomic E-state index is 13.7. The number of amides is 1. The maximum atomic E-state index is 13.7. The molecule has 1 fully saturated rings. The van der Waals surface area contributed by atoms with E-state index < -0.39 is 23.6 Å². The molecule has 0 radical (unpaired) electrons. The Balaban J connectivity index is 1.95. The molecule has 3 rings (SSSR count). The number of anilines is 2. The lowest BCUT2D eigenvalue weighted by Crippen LogP contribution is -2.31. The summed E-state index contributed by atoms with van der Waals surface area (Å²) in [6.07, 6.45) is -2.90. The van der Waals surface area contributed by atoms with E-state index in [1.807, 2.05) is 0 Å². The topological polar surface area (TPSA) is 82.1 Å². The Kier molecular flexibility index (Phi) is 6.02. The second kappa shape index (κ2) is 8.32. The summed E-state index contributed by atoms with van der Waals surface area (Å²) in [6, 6.07) is 3.77. The van der Waals surface area contributed by atoms with Crippen molar-refractivity contribution in [2.45, 2.75) is 19.0 Å². The Labute approximate surface area is 165 Å². The van der Waals surface area contributed by atoms with Gasteiger partial charge in [0.1, 0.15) is 5.70 Å². The predicted octanol–water partition coefficient (Wildman–Crippen LogP) is 1.98. The van der Waals surface area contributed by atoms with Crippen molar-refractivity contribution in [3.05, 3.63) is 35.0 Å². The van der Waals surface area contributed by atoms with Crippen LogP contribution in [0.3, 0.4) is 0 Å². The van der Waals surface area contributed by atoms with Gasteiger partial charge >= 0.3 is 12.1 Å². The Morgan fingerprint density at radius 1 is 1.28 bits per heavy atom. The molecule has 1 aromatic rings. The number of rotatable bonds is 6. The smallest absolute Gasteiger partial charge is 0.418 e. The van der Waals surface area contributed by atoms with Crippen molar-refractivity contribution in [1.82, 2.24) is 4.90 Å². The van der Waals surface area contributed by atoms with Gasteiger partial charge in [0.2, 0.25) is 0 Å². The third kappa shape index (κ3) is 4.31. The summed E-state index contributed by atoms with van der Waals surface area (Å²) < 4.78 is 45.6. The third-order valence-electron chi connectivity index (χ3n) is 4.97. The van der Waals surface area contributed by atoms with Crippen molar-refractivity contribution in [2.24, 2.45) is 0 Å². The number of hydrogen-bond acceptors (Lipinski definition) is 6. The van der Waals surface area contributed by atoms with Gasteiger partial charge in [-0.05, 0) is 31.0 Å². The van der Waals surface area contributed by atoms with Crippen LogP contribution in [0.2, 0.25) is 0 Å². The average molecular weight is 413 g/mol. The molecule has 10 heteroatoms. The number of nitrogens with one attached hydrogen (secondary N) is 1. The van der Waals surface area contributed by atoms with Crippen LogP contribution in [-0.2, 0) is 20.5 Å². The number of β-amino-alcohol motifs (C(OH)–C–C–N with tert-alkyl or cyclic N) is 1. The Hall–Kier alpha value is -2.75. The largest absolute Gasteiger partial charge is 0.466 e. The lowest BCUT2D eigenvalue weighted by Gasteiger charge is -2.23. The minimum Gasteiger partial charge on any atom is -0.466 e. The van der Waals surface area contributed by atoms with Crippen LogP contribution in [0, 0.1) is 0 Å². The highest BCUT2D eigenvalue weighted by Crippen LogP contribution is 2.39. The SMILES string of the molecule is COC(=O)C1=C(Nc2ccc(N3CCCC3)c(C(F)(F)F)c2)C(=O)N(CCO)C1. The van der Waals surface area contributed by atoms with Gasteiger partial charge in [-0.3, -0.25) is 4.79 Å². The number of carbonyl (C=O) groups excluding carboxylic acids is 2. The predicted molar refractivity (Wildman–Crippen MR) is 99.2 cm³/mol. The van der Waals surface area contributed by atoms with Gasteiger partial charge in [0.05, 0.1) is 31.4 Å². The lowest BCUT2D eigenvalue weighted by molar-refractivity contribution is -0.137. The summed E-state index contributed by atoms with van der Waals surface area (Å²) in [7, 11) is 1.15. The number of carbonyl (C=O) groups is 2. The molecule has 2 aliphatic heterocycles. The van der Waals surface area contributed by atoms with Gasteiger partial charge in [-0.1, -0.05) is 0 Å². The molecule has 0 aromatic heterocycles. The summed E-state index contributed by atoms with van der Waals surface area (Å²) in [4.78, 5) is 27.5. The third-order valence-corrected chi connectivity index (χ3v) is 4.97. The van der Waals surface area contributed by atoms with Crippen LogP contribution < -0.4 is 10.2 Å². The van der Waals surface area contributed by atoms with Crippen LogP contribution in [-0.4, -0.2) is 61.8 Å². The molecule has 0 atom stereocenters. The fraction of sp³-hybridized carbons (Fsp3) is 0.474. The number of ether oxygens (including phenoxy) is 1. The molecular formula is C19H22F3N3O4. The first-order chi connectivity index (χ1) is 13.8. The molecule has 7 nitrogen and oxygen atoms in total. The van der Waals surface area contributed by atoms with Crippen LogP contribution in [0.1, 0.15) is 18.4 Å². The highest BCUT2D eigenvalue weighted by Gasteiger charge is 2.37. The van der Waals surface area contributed by atoms with Crippen molar-refractivity contribution in [2.75, 3.05) is 50.1 Å². The molecular weight excluding hydrogens is 391 g/mol. The first kappa shape index (κ1) is 21.0. The normalized spacial score (nSPS) is 17.3. The fourth-order valence-electron chi connectivity index (χ4n) is 3.57. The first-order valence-corrected chi connectivity index (χ1v) is 9.21. The fourth-order valence-corrected chi connectivity index (χ4v) is 3.57. The Morgan fingerprint density at radius 2 is 1.97 bits per heavy atom. The highest BCUT2D eigenvalue weighted by atomic mass is 19.4. The Morgan fingerprint density at radius 3 is 2.55 bits per heavy atom. The monoisotopic (exact) mass is 413 g/mol. The number of methoxy groups -OCH3 is 1. The van der Waals surface area contributed by atoms with Gasteiger partial charge in [-0.2, -0.15) is 13.2 Å². The van der Waals surface area contributed by atoms with Crippen LogP contribution in [0.25, 0.3) is 0 Å². The lowest BCUT2D eigenvalue weighted by atomic mass is 10.1. The first-order valence-electron chi connectivity index (χ1n) is 9.21. The molecule has 2 aliphatic rings. The summed E-state index contributed by atoms with van der Waals surface area (Å²) in [5.41, 5.74) is -0.809. The summed E-state index contributed by atoms with van der Waals surface area (Å²) in [6.45, 7) is 0.707. The number of alkyl halides is 3. The van der Waals surface area contributed by atoms with Crippen molar-refractivity contribution in [1.29, 1.82) is 0 Å². The zero-order valence-corrected chi connectivity index (χ0v) is 15.9. The van der Waals surface area contributed by atoms with Crippen LogP contribution >= 0.6 is 0 Å². The molecule has 29 heavy (non-hydrogen) atoms. The Bertz CT molecular complexity index is 832. The number of benzene rings is 1. The number of nitrogens with zero attached hydrogens (tertiary/aromatic N) is 2.